The second-order valence-corrected chi connectivity index (χ2v) is 6.56. The van der Waals surface area contributed by atoms with Crippen LogP contribution in [-0.4, -0.2) is 62.7 Å². The van der Waals surface area contributed by atoms with Crippen LogP contribution in [0.25, 0.3) is 0 Å². The van der Waals surface area contributed by atoms with Crippen molar-refractivity contribution in [1.82, 2.24) is 24.6 Å². The van der Waals surface area contributed by atoms with Gasteiger partial charge in [0.05, 0.1) is 12.1 Å². The van der Waals surface area contributed by atoms with Gasteiger partial charge in [0.2, 0.25) is 5.91 Å². The molecule has 0 N–H and O–H groups in total. The number of carbonyl (C=O) groups is 1. The molecule has 122 valence electrons. The van der Waals surface area contributed by atoms with Gasteiger partial charge in [-0.2, -0.15) is 5.10 Å². The van der Waals surface area contributed by atoms with E-state index >= 15 is 0 Å². The fraction of sp³-hybridized carbons (Fsp3) is 0.812. The second kappa shape index (κ2) is 7.22. The Morgan fingerprint density at radius 1 is 1.09 bits per heavy atom. The molecule has 3 rings (SSSR count). The number of hydrogen-bond acceptors (Lipinski definition) is 4. The fourth-order valence-corrected chi connectivity index (χ4v) is 3.66. The summed E-state index contributed by atoms with van der Waals surface area (Å²) in [5.41, 5.74) is 0. The van der Waals surface area contributed by atoms with E-state index in [1.807, 2.05) is 9.58 Å². The third-order valence-corrected chi connectivity index (χ3v) is 5.13. The molecule has 6 nitrogen and oxygen atoms in total. The van der Waals surface area contributed by atoms with Crippen LogP contribution in [-0.2, 0) is 4.79 Å². The summed E-state index contributed by atoms with van der Waals surface area (Å²) in [6.07, 6.45) is 10.4. The SMILES string of the molecule is CC(C(=O)N1CCC(n2cncn2)CC1)N1CCCCCC1. The molecule has 0 spiro atoms. The van der Waals surface area contributed by atoms with Crippen molar-refractivity contribution in [3.63, 3.8) is 0 Å². The predicted octanol–water partition coefficient (Wildman–Crippen LogP) is 1.71. The van der Waals surface area contributed by atoms with Gasteiger partial charge < -0.3 is 4.90 Å². The maximum absolute atomic E-state index is 12.8. The van der Waals surface area contributed by atoms with Crippen LogP contribution in [0.2, 0.25) is 0 Å². The lowest BCUT2D eigenvalue weighted by Gasteiger charge is -2.36. The van der Waals surface area contributed by atoms with Gasteiger partial charge in [-0.3, -0.25) is 9.69 Å². The zero-order chi connectivity index (χ0) is 15.4. The van der Waals surface area contributed by atoms with E-state index in [9.17, 15) is 4.79 Å². The Bertz CT molecular complexity index is 459. The molecule has 0 aromatic carbocycles. The van der Waals surface area contributed by atoms with Crippen molar-refractivity contribution in [1.29, 1.82) is 0 Å². The van der Waals surface area contributed by atoms with Gasteiger partial charge in [-0.15, -0.1) is 0 Å². The summed E-state index contributed by atoms with van der Waals surface area (Å²) in [6, 6.07) is 0.418. The Kier molecular flexibility index (Phi) is 5.08. The first-order valence-corrected chi connectivity index (χ1v) is 8.62. The summed E-state index contributed by atoms with van der Waals surface area (Å²) < 4.78 is 1.93. The lowest BCUT2D eigenvalue weighted by Crippen LogP contribution is -2.49. The van der Waals surface area contributed by atoms with Crippen LogP contribution in [0.1, 0.15) is 51.5 Å². The fourth-order valence-electron chi connectivity index (χ4n) is 3.66. The van der Waals surface area contributed by atoms with Crippen molar-refractivity contribution < 1.29 is 4.79 Å². The van der Waals surface area contributed by atoms with Crippen LogP contribution in [0.4, 0.5) is 0 Å². The lowest BCUT2D eigenvalue weighted by molar-refractivity contribution is -0.137. The van der Waals surface area contributed by atoms with Gasteiger partial charge in [-0.05, 0) is 45.7 Å². The Hall–Kier alpha value is -1.43. The van der Waals surface area contributed by atoms with Crippen molar-refractivity contribution in [3.8, 4) is 0 Å². The highest BCUT2D eigenvalue weighted by molar-refractivity contribution is 5.81. The number of aromatic nitrogens is 3. The highest BCUT2D eigenvalue weighted by Crippen LogP contribution is 2.22. The lowest BCUT2D eigenvalue weighted by atomic mass is 10.0. The molecular weight excluding hydrogens is 278 g/mol. The van der Waals surface area contributed by atoms with Gasteiger partial charge in [0, 0.05) is 13.1 Å². The second-order valence-electron chi connectivity index (χ2n) is 6.56. The minimum atomic E-state index is 0.0287. The Morgan fingerprint density at radius 2 is 1.77 bits per heavy atom. The molecule has 3 heterocycles. The quantitative estimate of drug-likeness (QED) is 0.853. The van der Waals surface area contributed by atoms with Crippen LogP contribution in [0.5, 0.6) is 0 Å². The Morgan fingerprint density at radius 3 is 2.36 bits per heavy atom. The molecule has 2 saturated heterocycles. The van der Waals surface area contributed by atoms with Crippen LogP contribution < -0.4 is 0 Å². The third kappa shape index (κ3) is 3.48. The molecule has 22 heavy (non-hydrogen) atoms. The molecule has 1 aromatic heterocycles. The van der Waals surface area contributed by atoms with Crippen molar-refractivity contribution in [2.45, 2.75) is 57.5 Å². The van der Waals surface area contributed by atoms with E-state index < -0.39 is 0 Å². The molecular formula is C16H27N5O. The maximum atomic E-state index is 12.8. The molecule has 2 fully saturated rings. The Labute approximate surface area is 132 Å². The van der Waals surface area contributed by atoms with Gasteiger partial charge in [0.25, 0.3) is 0 Å². The van der Waals surface area contributed by atoms with Gasteiger partial charge in [-0.1, -0.05) is 12.8 Å². The van der Waals surface area contributed by atoms with Crippen molar-refractivity contribution in [2.24, 2.45) is 0 Å². The molecule has 0 radical (unpaired) electrons. The minimum Gasteiger partial charge on any atom is -0.341 e. The smallest absolute Gasteiger partial charge is 0.239 e. The molecule has 1 unspecified atom stereocenters. The number of nitrogens with zero attached hydrogens (tertiary/aromatic N) is 5. The van der Waals surface area contributed by atoms with Gasteiger partial charge in [-0.25, -0.2) is 9.67 Å². The van der Waals surface area contributed by atoms with Crippen LogP contribution in [0.3, 0.4) is 0 Å². The molecule has 0 aliphatic carbocycles. The van der Waals surface area contributed by atoms with Gasteiger partial charge in [0.1, 0.15) is 12.7 Å². The topological polar surface area (TPSA) is 54.3 Å². The summed E-state index contributed by atoms with van der Waals surface area (Å²) in [4.78, 5) is 21.2. The van der Waals surface area contributed by atoms with E-state index in [1.165, 1.54) is 25.7 Å². The molecule has 2 aliphatic rings. The molecule has 1 aromatic rings. The summed E-state index contributed by atoms with van der Waals surface area (Å²) >= 11 is 0. The summed E-state index contributed by atoms with van der Waals surface area (Å²) in [5, 5.41) is 4.22. The van der Waals surface area contributed by atoms with Gasteiger partial charge in [0.15, 0.2) is 0 Å². The molecule has 1 amide bonds. The monoisotopic (exact) mass is 305 g/mol. The summed E-state index contributed by atoms with van der Waals surface area (Å²) in [7, 11) is 0. The molecule has 1 atom stereocenters. The average Bonchev–Trinajstić information content (AvgIpc) is 2.96. The van der Waals surface area contributed by atoms with E-state index in [1.54, 1.807) is 12.7 Å². The zero-order valence-electron chi connectivity index (χ0n) is 13.5. The summed E-state index contributed by atoms with van der Waals surface area (Å²) in [6.45, 7) is 5.89. The molecule has 2 aliphatic heterocycles. The summed E-state index contributed by atoms with van der Waals surface area (Å²) in [5.74, 6) is 0.305. The van der Waals surface area contributed by atoms with Crippen molar-refractivity contribution in [2.75, 3.05) is 26.2 Å². The standard InChI is InChI=1S/C16H27N5O/c1-14(19-8-4-2-3-5-9-19)16(22)20-10-6-15(7-11-20)21-13-17-12-18-21/h12-15H,2-11H2,1H3. The number of amides is 1. The predicted molar refractivity (Wildman–Crippen MR) is 84.4 cm³/mol. The van der Waals surface area contributed by atoms with E-state index in [2.05, 4.69) is 21.9 Å². The number of piperidine rings is 1. The first kappa shape index (κ1) is 15.5. The van der Waals surface area contributed by atoms with Gasteiger partial charge >= 0.3 is 0 Å². The van der Waals surface area contributed by atoms with E-state index in [0.717, 1.165) is 39.0 Å². The normalized spacial score (nSPS) is 23.2. The van der Waals surface area contributed by atoms with E-state index in [0.29, 0.717) is 11.9 Å². The minimum absolute atomic E-state index is 0.0287. The number of carbonyl (C=O) groups excluding carboxylic acids is 1. The van der Waals surface area contributed by atoms with Crippen LogP contribution in [0.15, 0.2) is 12.7 Å². The van der Waals surface area contributed by atoms with Crippen molar-refractivity contribution in [3.05, 3.63) is 12.7 Å². The molecule has 6 heteroatoms. The van der Waals surface area contributed by atoms with Crippen LogP contribution in [0, 0.1) is 0 Å². The largest absolute Gasteiger partial charge is 0.341 e. The van der Waals surface area contributed by atoms with Crippen LogP contribution >= 0.6 is 0 Å². The number of likely N-dealkylation sites (tertiary alicyclic amines) is 2. The Balaban J connectivity index is 1.52. The zero-order valence-corrected chi connectivity index (χ0v) is 13.5. The highest BCUT2D eigenvalue weighted by Gasteiger charge is 2.30. The molecule has 0 bridgehead atoms. The maximum Gasteiger partial charge on any atom is 0.239 e. The average molecular weight is 305 g/mol. The van der Waals surface area contributed by atoms with Crippen molar-refractivity contribution >= 4 is 5.91 Å². The third-order valence-electron chi connectivity index (χ3n) is 5.13. The molecule has 0 saturated carbocycles. The highest BCUT2D eigenvalue weighted by atomic mass is 16.2. The number of hydrogen-bond donors (Lipinski definition) is 0. The number of rotatable bonds is 3. The first-order valence-electron chi connectivity index (χ1n) is 8.62. The first-order chi connectivity index (χ1) is 10.8. The van der Waals surface area contributed by atoms with E-state index in [-0.39, 0.29) is 6.04 Å². The van der Waals surface area contributed by atoms with E-state index in [4.69, 9.17) is 0 Å².